The van der Waals surface area contributed by atoms with Crippen LogP contribution < -0.4 is 10.9 Å². The molecule has 35 heavy (non-hydrogen) atoms. The summed E-state index contributed by atoms with van der Waals surface area (Å²) in [4.78, 5) is 51.4. The van der Waals surface area contributed by atoms with Crippen molar-refractivity contribution in [1.82, 2.24) is 14.8 Å². The summed E-state index contributed by atoms with van der Waals surface area (Å²) >= 11 is 0.713. The summed E-state index contributed by atoms with van der Waals surface area (Å²) in [6, 6.07) is 16.7. The smallest absolute Gasteiger partial charge is 0.293 e. The van der Waals surface area contributed by atoms with Crippen LogP contribution in [0.15, 0.2) is 76.6 Å². The Morgan fingerprint density at radius 2 is 1.86 bits per heavy atom. The fourth-order valence-corrected chi connectivity index (χ4v) is 4.50. The number of aryl methyl sites for hydroxylation is 1. The van der Waals surface area contributed by atoms with Gasteiger partial charge in [-0.25, -0.2) is 4.39 Å². The van der Waals surface area contributed by atoms with Crippen molar-refractivity contribution < 1.29 is 18.8 Å². The first-order valence-corrected chi connectivity index (χ1v) is 11.7. The summed E-state index contributed by atoms with van der Waals surface area (Å²) in [5.41, 5.74) is 1.74. The van der Waals surface area contributed by atoms with E-state index in [2.05, 4.69) is 5.32 Å². The van der Waals surface area contributed by atoms with Crippen LogP contribution in [0.1, 0.15) is 27.0 Å². The molecule has 3 aromatic rings. The lowest BCUT2D eigenvalue weighted by Crippen LogP contribution is -2.39. The van der Waals surface area contributed by atoms with Crippen LogP contribution in [-0.2, 0) is 11.3 Å². The van der Waals surface area contributed by atoms with Gasteiger partial charge < -0.3 is 9.88 Å². The zero-order valence-corrected chi connectivity index (χ0v) is 19.7. The number of carbonyl (C=O) groups excluding carboxylic acids is 3. The third-order valence-corrected chi connectivity index (χ3v) is 6.29. The van der Waals surface area contributed by atoms with Gasteiger partial charge in [0, 0.05) is 24.8 Å². The van der Waals surface area contributed by atoms with E-state index in [9.17, 15) is 23.6 Å². The minimum atomic E-state index is -0.595. The topological polar surface area (TPSA) is 88.5 Å². The van der Waals surface area contributed by atoms with Gasteiger partial charge in [-0.1, -0.05) is 48.0 Å². The molecule has 1 aliphatic heterocycles. The summed E-state index contributed by atoms with van der Waals surface area (Å²) in [6.07, 6.45) is 2.95. The molecule has 1 fully saturated rings. The molecule has 2 heterocycles. The molecule has 0 radical (unpaired) electrons. The highest BCUT2D eigenvalue weighted by Gasteiger charge is 2.34. The van der Waals surface area contributed by atoms with Crippen molar-refractivity contribution in [2.24, 2.45) is 0 Å². The molecule has 0 aliphatic carbocycles. The third-order valence-electron chi connectivity index (χ3n) is 5.39. The quantitative estimate of drug-likeness (QED) is 0.508. The highest BCUT2D eigenvalue weighted by molar-refractivity contribution is 8.18. The second kappa shape index (κ2) is 10.5. The number of carbonyl (C=O) groups is 3. The van der Waals surface area contributed by atoms with Crippen LogP contribution >= 0.6 is 11.8 Å². The van der Waals surface area contributed by atoms with Gasteiger partial charge in [-0.15, -0.1) is 0 Å². The first-order chi connectivity index (χ1) is 16.8. The summed E-state index contributed by atoms with van der Waals surface area (Å²) in [5, 5.41) is 2.09. The van der Waals surface area contributed by atoms with Crippen molar-refractivity contribution in [3.8, 4) is 0 Å². The second-order valence-electron chi connectivity index (χ2n) is 7.95. The number of benzene rings is 2. The van der Waals surface area contributed by atoms with Crippen molar-refractivity contribution in [2.45, 2.75) is 13.5 Å². The van der Waals surface area contributed by atoms with E-state index in [4.69, 9.17) is 0 Å². The molecule has 0 atom stereocenters. The van der Waals surface area contributed by atoms with Crippen molar-refractivity contribution in [2.75, 3.05) is 13.1 Å². The maximum atomic E-state index is 13.9. The lowest BCUT2D eigenvalue weighted by atomic mass is 10.1. The van der Waals surface area contributed by atoms with E-state index >= 15 is 0 Å². The van der Waals surface area contributed by atoms with Gasteiger partial charge in [-0.3, -0.25) is 24.1 Å². The Morgan fingerprint density at radius 1 is 1.06 bits per heavy atom. The Labute approximate surface area is 205 Å². The van der Waals surface area contributed by atoms with Gasteiger partial charge in [0.2, 0.25) is 0 Å². The van der Waals surface area contributed by atoms with E-state index < -0.39 is 28.4 Å². The van der Waals surface area contributed by atoms with E-state index in [1.54, 1.807) is 18.3 Å². The molecule has 178 valence electrons. The highest BCUT2D eigenvalue weighted by atomic mass is 32.2. The summed E-state index contributed by atoms with van der Waals surface area (Å²) in [7, 11) is 0. The molecule has 1 aromatic heterocycles. The first kappa shape index (κ1) is 24.2. The molecule has 9 heteroatoms. The molecule has 3 amide bonds. The van der Waals surface area contributed by atoms with Crippen LogP contribution in [0.2, 0.25) is 0 Å². The van der Waals surface area contributed by atoms with Crippen LogP contribution in [0.4, 0.5) is 9.18 Å². The van der Waals surface area contributed by atoms with Crippen LogP contribution in [0.25, 0.3) is 6.08 Å². The molecule has 0 bridgehead atoms. The van der Waals surface area contributed by atoms with Crippen LogP contribution in [0, 0.1) is 12.7 Å². The molecule has 0 saturated carbocycles. The number of thioether (sulfide) groups is 1. The average Bonchev–Trinajstić information content (AvgIpc) is 3.09. The maximum absolute atomic E-state index is 13.9. The number of nitrogens with one attached hydrogen (secondary N) is 1. The Balaban J connectivity index is 1.39. The monoisotopic (exact) mass is 491 g/mol. The Morgan fingerprint density at radius 3 is 2.63 bits per heavy atom. The number of pyridine rings is 1. The van der Waals surface area contributed by atoms with E-state index in [1.807, 2.05) is 31.2 Å². The molecular weight excluding hydrogens is 469 g/mol. The predicted octanol–water partition coefficient (Wildman–Crippen LogP) is 3.81. The fourth-order valence-electron chi connectivity index (χ4n) is 3.64. The lowest BCUT2D eigenvalue weighted by molar-refractivity contribution is -0.122. The number of imide groups is 1. The molecule has 1 N–H and O–H groups in total. The standard InChI is InChI=1S/C26H22FN3O4S/c1-17-6-4-7-18(14-17)16-29-12-5-9-20(24(29)32)23(31)28-11-13-30-25(33)22(35-26(30)34)15-19-8-2-3-10-21(19)27/h2-10,12,14-15H,11,13,16H2,1H3,(H,28,31)/b22-15-. The number of rotatable bonds is 7. The van der Waals surface area contributed by atoms with Crippen molar-refractivity contribution >= 4 is 34.9 Å². The Bertz CT molecular complexity index is 1400. The first-order valence-electron chi connectivity index (χ1n) is 10.9. The van der Waals surface area contributed by atoms with Gasteiger partial charge in [-0.05, 0) is 48.5 Å². The Kier molecular flexibility index (Phi) is 7.26. The largest absolute Gasteiger partial charge is 0.350 e. The van der Waals surface area contributed by atoms with E-state index in [0.717, 1.165) is 16.0 Å². The van der Waals surface area contributed by atoms with Crippen LogP contribution in [0.3, 0.4) is 0 Å². The zero-order valence-electron chi connectivity index (χ0n) is 18.9. The lowest BCUT2D eigenvalue weighted by Gasteiger charge is -2.13. The molecule has 2 aromatic carbocycles. The predicted molar refractivity (Wildman–Crippen MR) is 132 cm³/mol. The van der Waals surface area contributed by atoms with Gasteiger partial charge in [0.1, 0.15) is 11.4 Å². The summed E-state index contributed by atoms with van der Waals surface area (Å²) in [6.45, 7) is 2.18. The second-order valence-corrected chi connectivity index (χ2v) is 8.95. The van der Waals surface area contributed by atoms with Crippen molar-refractivity contribution in [3.05, 3.63) is 110 Å². The SMILES string of the molecule is Cc1cccc(Cn2cccc(C(=O)NCCN3C(=O)S/C(=C\c4ccccc4F)C3=O)c2=O)c1. The Hall–Kier alpha value is -3.98. The molecular formula is C26H22FN3O4S. The molecule has 1 aliphatic rings. The van der Waals surface area contributed by atoms with Crippen LogP contribution in [0.5, 0.6) is 0 Å². The van der Waals surface area contributed by atoms with Gasteiger partial charge in [0.05, 0.1) is 11.4 Å². The minimum absolute atomic E-state index is 0.0317. The van der Waals surface area contributed by atoms with Gasteiger partial charge >= 0.3 is 0 Å². The molecule has 0 unspecified atom stereocenters. The third kappa shape index (κ3) is 5.58. The highest BCUT2D eigenvalue weighted by Crippen LogP contribution is 2.32. The van der Waals surface area contributed by atoms with Gasteiger partial charge in [-0.2, -0.15) is 0 Å². The number of hydrogen-bond acceptors (Lipinski definition) is 5. The molecule has 7 nitrogen and oxygen atoms in total. The van der Waals surface area contributed by atoms with Crippen LogP contribution in [-0.4, -0.2) is 39.6 Å². The van der Waals surface area contributed by atoms with E-state index in [1.165, 1.54) is 34.9 Å². The van der Waals surface area contributed by atoms with Crippen molar-refractivity contribution in [1.29, 1.82) is 0 Å². The molecule has 4 rings (SSSR count). The number of aromatic nitrogens is 1. The fraction of sp³-hybridized carbons (Fsp3) is 0.154. The van der Waals surface area contributed by atoms with Gasteiger partial charge in [0.15, 0.2) is 0 Å². The van der Waals surface area contributed by atoms with Crippen molar-refractivity contribution in [3.63, 3.8) is 0 Å². The number of nitrogens with zero attached hydrogens (tertiary/aromatic N) is 2. The number of halogens is 1. The summed E-state index contributed by atoms with van der Waals surface area (Å²) in [5.74, 6) is -1.65. The average molecular weight is 492 g/mol. The summed E-state index contributed by atoms with van der Waals surface area (Å²) < 4.78 is 15.3. The van der Waals surface area contributed by atoms with Gasteiger partial charge in [0.25, 0.3) is 22.6 Å². The molecule has 1 saturated heterocycles. The van der Waals surface area contributed by atoms with E-state index in [-0.39, 0.29) is 29.1 Å². The number of amides is 3. The normalized spacial score (nSPS) is 14.6. The molecule has 0 spiro atoms. The minimum Gasteiger partial charge on any atom is -0.350 e. The zero-order chi connectivity index (χ0) is 24.9. The van der Waals surface area contributed by atoms with E-state index in [0.29, 0.717) is 18.3 Å². The maximum Gasteiger partial charge on any atom is 0.293 e. The number of hydrogen-bond donors (Lipinski definition) is 1.